The van der Waals surface area contributed by atoms with E-state index in [1.165, 1.54) is 62.3 Å². The summed E-state index contributed by atoms with van der Waals surface area (Å²) in [5, 5.41) is 68.4. The molecule has 8 atom stereocenters. The van der Waals surface area contributed by atoms with Crippen LogP contribution >= 0.6 is 0 Å². The predicted octanol–water partition coefficient (Wildman–Crippen LogP) is 8.07. The summed E-state index contributed by atoms with van der Waals surface area (Å²) in [7, 11) is 0. The monoisotopic (exact) mass is 717 g/mol. The van der Waals surface area contributed by atoms with Crippen LogP contribution in [0.5, 0.6) is 28.7 Å². The summed E-state index contributed by atoms with van der Waals surface area (Å²) in [5.41, 5.74) is 4.23. The number of rotatable bonds is 8. The summed E-state index contributed by atoms with van der Waals surface area (Å²) in [4.78, 5) is 0. The van der Waals surface area contributed by atoms with E-state index in [1.807, 2.05) is 0 Å². The van der Waals surface area contributed by atoms with Crippen LogP contribution in [0, 0.1) is 23.2 Å². The Bertz CT molecular complexity index is 2060. The number of aliphatic hydroxyl groups is 1. The molecule has 0 aromatic heterocycles. The molecule has 53 heavy (non-hydrogen) atoms. The van der Waals surface area contributed by atoms with E-state index in [0.29, 0.717) is 64.8 Å². The van der Waals surface area contributed by atoms with Gasteiger partial charge in [0.15, 0.2) is 23.0 Å². The molecule has 2 saturated heterocycles. The lowest BCUT2D eigenvalue weighted by molar-refractivity contribution is -0.319. The lowest BCUT2D eigenvalue weighted by atomic mass is 9.43. The maximum absolute atomic E-state index is 11.3. The van der Waals surface area contributed by atoms with Crippen molar-refractivity contribution in [1.82, 2.24) is 5.32 Å². The number of nitrogens with one attached hydrogen (secondary N) is 1. The predicted molar refractivity (Wildman–Crippen MR) is 205 cm³/mol. The Labute approximate surface area is 310 Å². The molecule has 7 N–H and O–H groups in total. The number of phenolic OH excluding ortho intramolecular Hbond substituents is 5. The number of phenols is 5. The van der Waals surface area contributed by atoms with Crippen molar-refractivity contribution in [2.45, 2.75) is 107 Å². The maximum atomic E-state index is 11.3. The molecular formula is C45H51NO7. The molecule has 8 nitrogen and oxygen atoms in total. The van der Waals surface area contributed by atoms with Crippen molar-refractivity contribution in [3.63, 3.8) is 0 Å². The molecule has 4 aromatic rings. The van der Waals surface area contributed by atoms with Gasteiger partial charge in [-0.1, -0.05) is 61.0 Å². The Kier molecular flexibility index (Phi) is 8.63. The number of fused-ring (bicyclic) bond motifs is 2. The summed E-state index contributed by atoms with van der Waals surface area (Å²) >= 11 is 0. The lowest BCUT2D eigenvalue weighted by Gasteiger charge is -2.70. The molecule has 0 amide bonds. The van der Waals surface area contributed by atoms with Gasteiger partial charge in [-0.25, -0.2) is 0 Å². The number of benzene rings is 4. The first-order valence-electron chi connectivity index (χ1n) is 19.7. The summed E-state index contributed by atoms with van der Waals surface area (Å²) in [6, 6.07) is 18.6. The van der Waals surface area contributed by atoms with Crippen LogP contribution < -0.4 is 5.32 Å². The van der Waals surface area contributed by atoms with Gasteiger partial charge in [0.25, 0.3) is 0 Å². The van der Waals surface area contributed by atoms with Crippen LogP contribution in [0.2, 0.25) is 0 Å². The molecule has 3 aliphatic carbocycles. The molecule has 5 fully saturated rings. The molecule has 278 valence electrons. The van der Waals surface area contributed by atoms with Gasteiger partial charge in [0.2, 0.25) is 0 Å². The van der Waals surface area contributed by atoms with Crippen LogP contribution in [0.3, 0.4) is 0 Å². The third-order valence-electron chi connectivity index (χ3n) is 14.2. The first-order chi connectivity index (χ1) is 25.7. The zero-order valence-corrected chi connectivity index (χ0v) is 30.2. The first kappa shape index (κ1) is 34.5. The molecular weight excluding hydrogens is 666 g/mol. The highest BCUT2D eigenvalue weighted by Gasteiger charge is 2.72. The van der Waals surface area contributed by atoms with E-state index in [4.69, 9.17) is 4.74 Å². The standard InChI is InChI=1S/C45H51NO7/c47-31-22-30-14-18-36-37(23-32-15-13-29-3-2-20-44(30,24-31)45(29,36)53-32)46-25-28-8-6-26(7-9-28)10-17-35-33(16-11-27-12-19-38(48)40(50)21-27)34-4-1-5-39(49)41(34)43(52)42(35)51/h1,4-9,11-12,16,19,21,29-32,36-37,46-52H,2-3,10,13-15,17-18,20,22-25H2. The minimum absolute atomic E-state index is 0.0876. The summed E-state index contributed by atoms with van der Waals surface area (Å²) in [5.74, 6) is 0.495. The minimum Gasteiger partial charge on any atom is -0.507 e. The van der Waals surface area contributed by atoms with Gasteiger partial charge in [0.05, 0.1) is 23.2 Å². The zero-order chi connectivity index (χ0) is 36.5. The smallest absolute Gasteiger partial charge is 0.169 e. The van der Waals surface area contributed by atoms with Gasteiger partial charge in [-0.05, 0) is 128 Å². The van der Waals surface area contributed by atoms with Crippen molar-refractivity contribution >= 4 is 22.9 Å². The molecule has 5 aliphatic rings. The van der Waals surface area contributed by atoms with Crippen molar-refractivity contribution in [1.29, 1.82) is 0 Å². The number of hydrogen-bond donors (Lipinski definition) is 7. The Hall–Kier alpha value is -4.24. The van der Waals surface area contributed by atoms with Crippen LogP contribution in [0.25, 0.3) is 22.9 Å². The fraction of sp³-hybridized carbons (Fsp3) is 0.467. The molecule has 2 aliphatic heterocycles. The Morgan fingerprint density at radius 1 is 0.755 bits per heavy atom. The van der Waals surface area contributed by atoms with Gasteiger partial charge >= 0.3 is 0 Å². The number of aromatic hydroxyl groups is 5. The molecule has 2 bridgehead atoms. The second-order valence-corrected chi connectivity index (χ2v) is 16.7. The lowest BCUT2D eigenvalue weighted by Crippen LogP contribution is -2.73. The number of hydrogen-bond acceptors (Lipinski definition) is 8. The second-order valence-electron chi connectivity index (χ2n) is 16.7. The first-order valence-corrected chi connectivity index (χ1v) is 19.7. The molecule has 2 heterocycles. The summed E-state index contributed by atoms with van der Waals surface area (Å²) < 4.78 is 7.28. The van der Waals surface area contributed by atoms with Crippen LogP contribution in [0.4, 0.5) is 0 Å². The molecule has 8 unspecified atom stereocenters. The molecule has 0 radical (unpaired) electrons. The zero-order valence-electron chi connectivity index (χ0n) is 30.2. The van der Waals surface area contributed by atoms with Crippen molar-refractivity contribution in [2.75, 3.05) is 0 Å². The van der Waals surface area contributed by atoms with Crippen molar-refractivity contribution in [2.24, 2.45) is 23.2 Å². The average Bonchev–Trinajstić information content (AvgIpc) is 3.49. The Balaban J connectivity index is 0.928. The summed E-state index contributed by atoms with van der Waals surface area (Å²) in [6.07, 6.45) is 16.3. The average molecular weight is 718 g/mol. The molecule has 4 aromatic carbocycles. The quantitative estimate of drug-likeness (QED) is 0.0717. The van der Waals surface area contributed by atoms with Crippen molar-refractivity contribution in [3.8, 4) is 28.7 Å². The second kappa shape index (κ2) is 13.3. The number of aliphatic hydroxyl groups excluding tert-OH is 1. The molecule has 8 heteroatoms. The van der Waals surface area contributed by atoms with Gasteiger partial charge in [-0.15, -0.1) is 0 Å². The van der Waals surface area contributed by atoms with Gasteiger partial charge in [-0.3, -0.25) is 0 Å². The van der Waals surface area contributed by atoms with Gasteiger partial charge in [-0.2, -0.15) is 0 Å². The van der Waals surface area contributed by atoms with E-state index < -0.39 is 0 Å². The van der Waals surface area contributed by atoms with Crippen molar-refractivity contribution < 1.29 is 35.4 Å². The van der Waals surface area contributed by atoms with E-state index in [0.717, 1.165) is 37.8 Å². The van der Waals surface area contributed by atoms with Gasteiger partial charge < -0.3 is 40.7 Å². The van der Waals surface area contributed by atoms with E-state index >= 15 is 0 Å². The van der Waals surface area contributed by atoms with E-state index in [2.05, 4.69) is 29.6 Å². The van der Waals surface area contributed by atoms with Crippen LogP contribution in [0.15, 0.2) is 60.7 Å². The molecule has 3 saturated carbocycles. The van der Waals surface area contributed by atoms with E-state index in [1.54, 1.807) is 30.4 Å². The number of ether oxygens (including phenoxy) is 1. The fourth-order valence-electron chi connectivity index (χ4n) is 12.0. The Morgan fingerprint density at radius 2 is 1.57 bits per heavy atom. The van der Waals surface area contributed by atoms with Crippen LogP contribution in [-0.4, -0.2) is 54.5 Å². The third-order valence-corrected chi connectivity index (χ3v) is 14.2. The van der Waals surface area contributed by atoms with E-state index in [-0.39, 0.29) is 51.3 Å². The third kappa shape index (κ3) is 5.59. The molecule has 9 rings (SSSR count). The minimum atomic E-state index is -0.353. The normalized spacial score (nSPS) is 31.8. The topological polar surface area (TPSA) is 143 Å². The molecule has 2 spiro atoms. The largest absolute Gasteiger partial charge is 0.507 e. The van der Waals surface area contributed by atoms with Gasteiger partial charge in [0.1, 0.15) is 5.75 Å². The SMILES string of the molecule is Oc1ccc(C=Cc2c(CCc3ccc(CNC4CC5CCC6CCCC78CC(O)CC7CCC4C68O5)cc3)c(O)c(O)c3c(O)cccc23)cc1O. The maximum Gasteiger partial charge on any atom is 0.169 e. The fourth-order valence-corrected chi connectivity index (χ4v) is 12.0. The van der Waals surface area contributed by atoms with E-state index in [9.17, 15) is 30.6 Å². The highest BCUT2D eigenvalue weighted by atomic mass is 16.5. The van der Waals surface area contributed by atoms with Crippen LogP contribution in [0.1, 0.15) is 92.0 Å². The number of aryl methyl sites for hydroxylation is 1. The highest BCUT2D eigenvalue weighted by molar-refractivity contribution is 6.03. The van der Waals surface area contributed by atoms with Crippen molar-refractivity contribution in [3.05, 3.63) is 88.5 Å². The highest BCUT2D eigenvalue weighted by Crippen LogP contribution is 2.71. The summed E-state index contributed by atoms with van der Waals surface area (Å²) in [6.45, 7) is 0.790. The Morgan fingerprint density at radius 3 is 2.40 bits per heavy atom. The van der Waals surface area contributed by atoms with Crippen LogP contribution in [-0.2, 0) is 24.1 Å². The van der Waals surface area contributed by atoms with Gasteiger partial charge in [0, 0.05) is 29.5 Å².